The Morgan fingerprint density at radius 2 is 2.12 bits per heavy atom. The van der Waals surface area contributed by atoms with Gasteiger partial charge in [-0.05, 0) is 30.5 Å². The SMILES string of the molecule is Cc1ccc(CSC[C@@H](N)C(=O)O)cc1C. The minimum Gasteiger partial charge on any atom is -0.480 e. The van der Waals surface area contributed by atoms with Gasteiger partial charge in [0.1, 0.15) is 6.04 Å². The molecule has 0 bridgehead atoms. The number of carboxylic acids is 1. The first-order valence-electron chi connectivity index (χ1n) is 5.13. The highest BCUT2D eigenvalue weighted by Gasteiger charge is 2.10. The Balaban J connectivity index is 2.43. The molecule has 1 atom stereocenters. The molecule has 4 heteroatoms. The van der Waals surface area contributed by atoms with Crippen LogP contribution in [0.25, 0.3) is 0 Å². The van der Waals surface area contributed by atoms with Crippen molar-refractivity contribution < 1.29 is 9.90 Å². The lowest BCUT2D eigenvalue weighted by atomic mass is 10.1. The Morgan fingerprint density at radius 1 is 1.44 bits per heavy atom. The van der Waals surface area contributed by atoms with Crippen molar-refractivity contribution in [1.82, 2.24) is 0 Å². The fourth-order valence-corrected chi connectivity index (χ4v) is 2.20. The number of carbonyl (C=O) groups is 1. The summed E-state index contributed by atoms with van der Waals surface area (Å²) in [6, 6.07) is 5.52. The largest absolute Gasteiger partial charge is 0.480 e. The monoisotopic (exact) mass is 239 g/mol. The van der Waals surface area contributed by atoms with E-state index in [1.165, 1.54) is 16.7 Å². The number of aryl methyl sites for hydroxylation is 2. The van der Waals surface area contributed by atoms with Crippen LogP contribution < -0.4 is 5.73 Å². The van der Waals surface area contributed by atoms with E-state index in [0.717, 1.165) is 5.75 Å². The van der Waals surface area contributed by atoms with Crippen molar-refractivity contribution in [3.05, 3.63) is 34.9 Å². The van der Waals surface area contributed by atoms with E-state index in [-0.39, 0.29) is 0 Å². The van der Waals surface area contributed by atoms with Gasteiger partial charge in [0, 0.05) is 11.5 Å². The van der Waals surface area contributed by atoms with Gasteiger partial charge in [-0.1, -0.05) is 18.2 Å². The molecule has 0 radical (unpaired) electrons. The van der Waals surface area contributed by atoms with Crippen molar-refractivity contribution in [2.75, 3.05) is 5.75 Å². The molecule has 0 aliphatic heterocycles. The van der Waals surface area contributed by atoms with E-state index < -0.39 is 12.0 Å². The summed E-state index contributed by atoms with van der Waals surface area (Å²) in [4.78, 5) is 10.5. The summed E-state index contributed by atoms with van der Waals surface area (Å²) in [6.45, 7) is 4.15. The number of hydrogen-bond donors (Lipinski definition) is 2. The maximum absolute atomic E-state index is 10.5. The lowest BCUT2D eigenvalue weighted by molar-refractivity contribution is -0.137. The Hall–Kier alpha value is -1.00. The Kier molecular flexibility index (Phi) is 4.83. The number of thioether (sulfide) groups is 1. The van der Waals surface area contributed by atoms with Gasteiger partial charge in [0.15, 0.2) is 0 Å². The first kappa shape index (κ1) is 13.1. The number of benzene rings is 1. The van der Waals surface area contributed by atoms with E-state index >= 15 is 0 Å². The average molecular weight is 239 g/mol. The third kappa shape index (κ3) is 3.87. The van der Waals surface area contributed by atoms with Gasteiger partial charge in [-0.25, -0.2) is 0 Å². The topological polar surface area (TPSA) is 63.3 Å². The van der Waals surface area contributed by atoms with Crippen molar-refractivity contribution in [2.24, 2.45) is 5.73 Å². The van der Waals surface area contributed by atoms with Crippen molar-refractivity contribution in [1.29, 1.82) is 0 Å². The summed E-state index contributed by atoms with van der Waals surface area (Å²) in [7, 11) is 0. The molecule has 16 heavy (non-hydrogen) atoms. The highest BCUT2D eigenvalue weighted by atomic mass is 32.2. The molecular weight excluding hydrogens is 222 g/mol. The molecule has 0 aromatic heterocycles. The first-order chi connectivity index (χ1) is 7.50. The molecule has 0 aliphatic rings. The van der Waals surface area contributed by atoms with Gasteiger partial charge < -0.3 is 10.8 Å². The van der Waals surface area contributed by atoms with Crippen LogP contribution in [0.5, 0.6) is 0 Å². The van der Waals surface area contributed by atoms with Crippen LogP contribution in [-0.2, 0) is 10.5 Å². The van der Waals surface area contributed by atoms with Gasteiger partial charge in [-0.15, -0.1) is 0 Å². The maximum Gasteiger partial charge on any atom is 0.321 e. The number of nitrogens with two attached hydrogens (primary N) is 1. The van der Waals surface area contributed by atoms with Crippen LogP contribution >= 0.6 is 11.8 Å². The lowest BCUT2D eigenvalue weighted by Gasteiger charge is -2.07. The van der Waals surface area contributed by atoms with Crippen LogP contribution in [0.2, 0.25) is 0 Å². The normalized spacial score (nSPS) is 12.4. The zero-order valence-electron chi connectivity index (χ0n) is 9.56. The van der Waals surface area contributed by atoms with E-state index in [1.54, 1.807) is 11.8 Å². The van der Waals surface area contributed by atoms with Gasteiger partial charge in [-0.2, -0.15) is 11.8 Å². The predicted molar refractivity (Wildman–Crippen MR) is 67.7 cm³/mol. The van der Waals surface area contributed by atoms with E-state index in [4.69, 9.17) is 10.8 Å². The minimum atomic E-state index is -0.937. The molecule has 0 aliphatic carbocycles. The second-order valence-corrected chi connectivity index (χ2v) is 4.91. The van der Waals surface area contributed by atoms with Crippen molar-refractivity contribution in [3.63, 3.8) is 0 Å². The molecule has 3 nitrogen and oxygen atoms in total. The van der Waals surface area contributed by atoms with Crippen LogP contribution in [0, 0.1) is 13.8 Å². The van der Waals surface area contributed by atoms with E-state index in [1.807, 2.05) is 0 Å². The van der Waals surface area contributed by atoms with Crippen LogP contribution in [-0.4, -0.2) is 22.9 Å². The third-order valence-corrected chi connectivity index (χ3v) is 3.59. The molecule has 1 aromatic rings. The molecule has 0 unspecified atom stereocenters. The van der Waals surface area contributed by atoms with Gasteiger partial charge >= 0.3 is 5.97 Å². The van der Waals surface area contributed by atoms with Crippen molar-refractivity contribution in [2.45, 2.75) is 25.6 Å². The van der Waals surface area contributed by atoms with Crippen molar-refractivity contribution in [3.8, 4) is 0 Å². The minimum absolute atomic E-state index is 0.447. The zero-order valence-corrected chi connectivity index (χ0v) is 10.4. The number of carboxylic acid groups (broad SMARTS) is 1. The molecule has 88 valence electrons. The van der Waals surface area contributed by atoms with Crippen molar-refractivity contribution >= 4 is 17.7 Å². The van der Waals surface area contributed by atoms with Crippen LogP contribution in [0.4, 0.5) is 0 Å². The second kappa shape index (κ2) is 5.92. The van der Waals surface area contributed by atoms with Crippen LogP contribution in [0.1, 0.15) is 16.7 Å². The molecule has 0 heterocycles. The predicted octanol–water partition coefficient (Wildman–Crippen LogP) is 1.95. The molecule has 1 rings (SSSR count). The third-order valence-electron chi connectivity index (χ3n) is 2.45. The number of aliphatic carboxylic acids is 1. The Bertz CT molecular complexity index is 379. The summed E-state index contributed by atoms with van der Waals surface area (Å²) in [5.41, 5.74) is 9.17. The van der Waals surface area contributed by atoms with Gasteiger partial charge in [0.2, 0.25) is 0 Å². The fraction of sp³-hybridized carbons (Fsp3) is 0.417. The summed E-state index contributed by atoms with van der Waals surface area (Å²) in [5, 5.41) is 8.62. The molecular formula is C12H17NO2S. The molecule has 0 saturated heterocycles. The van der Waals surface area contributed by atoms with Gasteiger partial charge in [0.25, 0.3) is 0 Å². The number of rotatable bonds is 5. The summed E-state index contributed by atoms with van der Waals surface area (Å²) >= 11 is 1.55. The van der Waals surface area contributed by atoms with Gasteiger partial charge in [0.05, 0.1) is 0 Å². The van der Waals surface area contributed by atoms with E-state index in [2.05, 4.69) is 32.0 Å². The molecule has 1 aromatic carbocycles. The summed E-state index contributed by atoms with van der Waals surface area (Å²) in [6.07, 6.45) is 0. The molecule has 0 spiro atoms. The summed E-state index contributed by atoms with van der Waals surface area (Å²) in [5.74, 6) is 0.317. The first-order valence-corrected chi connectivity index (χ1v) is 6.28. The molecule has 0 amide bonds. The smallest absolute Gasteiger partial charge is 0.321 e. The standard InChI is InChI=1S/C12H17NO2S/c1-8-3-4-10(5-9(8)2)6-16-7-11(13)12(14)15/h3-5,11H,6-7,13H2,1-2H3,(H,14,15)/t11-/m1/s1. The Labute approximate surface area is 100 Å². The highest BCUT2D eigenvalue weighted by molar-refractivity contribution is 7.98. The molecule has 0 fully saturated rings. The van der Waals surface area contributed by atoms with Crippen LogP contribution in [0.15, 0.2) is 18.2 Å². The fourth-order valence-electron chi connectivity index (χ4n) is 1.27. The molecule has 0 saturated carbocycles. The summed E-state index contributed by atoms with van der Waals surface area (Å²) < 4.78 is 0. The van der Waals surface area contributed by atoms with E-state index in [0.29, 0.717) is 5.75 Å². The second-order valence-electron chi connectivity index (χ2n) is 3.88. The Morgan fingerprint density at radius 3 is 2.69 bits per heavy atom. The average Bonchev–Trinajstić information content (AvgIpc) is 2.23. The maximum atomic E-state index is 10.5. The van der Waals surface area contributed by atoms with Gasteiger partial charge in [-0.3, -0.25) is 4.79 Å². The zero-order chi connectivity index (χ0) is 12.1. The highest BCUT2D eigenvalue weighted by Crippen LogP contribution is 2.16. The van der Waals surface area contributed by atoms with Crippen LogP contribution in [0.3, 0.4) is 0 Å². The molecule has 3 N–H and O–H groups in total. The van der Waals surface area contributed by atoms with E-state index in [9.17, 15) is 4.79 Å². The quantitative estimate of drug-likeness (QED) is 0.824. The lowest BCUT2D eigenvalue weighted by Crippen LogP contribution is -2.32. The number of hydrogen-bond acceptors (Lipinski definition) is 3.